The first kappa shape index (κ1) is 14.8. The van der Waals surface area contributed by atoms with Gasteiger partial charge in [0.05, 0.1) is 24.7 Å². The van der Waals surface area contributed by atoms with Gasteiger partial charge in [0.1, 0.15) is 0 Å². The number of methoxy groups -OCH3 is 1. The molecule has 0 bridgehead atoms. The minimum absolute atomic E-state index is 0.390. The molecule has 0 unspecified atom stereocenters. The predicted molar refractivity (Wildman–Crippen MR) is 85.1 cm³/mol. The molecule has 0 amide bonds. The predicted octanol–water partition coefficient (Wildman–Crippen LogP) is 3.36. The van der Waals surface area contributed by atoms with E-state index in [1.54, 1.807) is 6.34 Å². The van der Waals surface area contributed by atoms with Crippen molar-refractivity contribution in [1.82, 2.24) is 4.90 Å². The van der Waals surface area contributed by atoms with Gasteiger partial charge in [-0.2, -0.15) is 0 Å². The van der Waals surface area contributed by atoms with Crippen LogP contribution in [-0.2, 0) is 4.74 Å². The smallest absolute Gasteiger partial charge is 0.340 e. The van der Waals surface area contributed by atoms with E-state index in [9.17, 15) is 4.79 Å². The zero-order chi connectivity index (χ0) is 15.2. The Morgan fingerprint density at radius 3 is 2.43 bits per heavy atom. The number of esters is 1. The van der Waals surface area contributed by atoms with E-state index < -0.39 is 5.97 Å². The van der Waals surface area contributed by atoms with Crippen molar-refractivity contribution < 1.29 is 9.53 Å². The van der Waals surface area contributed by atoms with E-state index in [4.69, 9.17) is 4.74 Å². The maximum atomic E-state index is 12.0. The molecule has 0 atom stereocenters. The van der Waals surface area contributed by atoms with Crippen molar-refractivity contribution in [2.24, 2.45) is 4.99 Å². The normalized spacial score (nSPS) is 10.6. The van der Waals surface area contributed by atoms with E-state index in [1.807, 2.05) is 67.5 Å². The molecule has 0 saturated heterocycles. The van der Waals surface area contributed by atoms with Crippen molar-refractivity contribution in [2.45, 2.75) is 0 Å². The molecule has 4 heteroatoms. The van der Waals surface area contributed by atoms with Gasteiger partial charge >= 0.3 is 5.97 Å². The van der Waals surface area contributed by atoms with Crippen molar-refractivity contribution in [2.75, 3.05) is 21.2 Å². The van der Waals surface area contributed by atoms with Crippen LogP contribution in [0.4, 0.5) is 5.69 Å². The number of hydrogen-bond acceptors (Lipinski definition) is 3. The van der Waals surface area contributed by atoms with Crippen LogP contribution < -0.4 is 0 Å². The summed E-state index contributed by atoms with van der Waals surface area (Å²) in [4.78, 5) is 18.1. The first-order valence-corrected chi connectivity index (χ1v) is 6.60. The second kappa shape index (κ2) is 6.70. The van der Waals surface area contributed by atoms with Crippen LogP contribution in [0, 0.1) is 0 Å². The van der Waals surface area contributed by atoms with Gasteiger partial charge < -0.3 is 9.64 Å². The van der Waals surface area contributed by atoms with Gasteiger partial charge in [0.2, 0.25) is 0 Å². The highest BCUT2D eigenvalue weighted by Gasteiger charge is 2.13. The third-order valence-electron chi connectivity index (χ3n) is 2.94. The van der Waals surface area contributed by atoms with E-state index in [0.29, 0.717) is 11.3 Å². The third-order valence-corrected chi connectivity index (χ3v) is 2.94. The van der Waals surface area contributed by atoms with Crippen molar-refractivity contribution in [3.8, 4) is 11.1 Å². The topological polar surface area (TPSA) is 41.9 Å². The zero-order valence-corrected chi connectivity index (χ0v) is 12.4. The van der Waals surface area contributed by atoms with Gasteiger partial charge in [-0.25, -0.2) is 9.79 Å². The minimum Gasteiger partial charge on any atom is -0.465 e. The molecule has 0 fully saturated rings. The van der Waals surface area contributed by atoms with Crippen LogP contribution in [0.15, 0.2) is 53.5 Å². The number of ether oxygens (including phenoxy) is 1. The first-order valence-electron chi connectivity index (χ1n) is 6.60. The highest BCUT2D eigenvalue weighted by molar-refractivity contribution is 5.97. The molecular formula is C17H18N2O2. The van der Waals surface area contributed by atoms with Gasteiger partial charge in [-0.1, -0.05) is 36.4 Å². The molecule has 2 aromatic carbocycles. The quantitative estimate of drug-likeness (QED) is 0.490. The molecule has 0 N–H and O–H groups in total. The lowest BCUT2D eigenvalue weighted by Crippen LogP contribution is -2.08. The molecule has 21 heavy (non-hydrogen) atoms. The van der Waals surface area contributed by atoms with E-state index in [0.717, 1.165) is 11.1 Å². The third kappa shape index (κ3) is 3.69. The number of aliphatic imine (C=N–C) groups is 1. The Labute approximate surface area is 124 Å². The monoisotopic (exact) mass is 282 g/mol. The van der Waals surface area contributed by atoms with Crippen LogP contribution >= 0.6 is 0 Å². The molecule has 0 aliphatic carbocycles. The first-order chi connectivity index (χ1) is 10.1. The second-order valence-electron chi connectivity index (χ2n) is 4.80. The summed E-state index contributed by atoms with van der Waals surface area (Å²) in [6.07, 6.45) is 1.66. The van der Waals surface area contributed by atoms with Crippen molar-refractivity contribution in [3.05, 3.63) is 54.1 Å². The summed E-state index contributed by atoms with van der Waals surface area (Å²) in [5.74, 6) is -0.390. The number of carbonyl (C=O) groups is 1. The fourth-order valence-corrected chi connectivity index (χ4v) is 1.91. The van der Waals surface area contributed by atoms with Crippen molar-refractivity contribution in [1.29, 1.82) is 0 Å². The summed E-state index contributed by atoms with van der Waals surface area (Å²) in [6, 6.07) is 15.5. The summed E-state index contributed by atoms with van der Waals surface area (Å²) in [7, 11) is 5.12. The Hall–Kier alpha value is -2.62. The fourth-order valence-electron chi connectivity index (χ4n) is 1.91. The Kier molecular flexibility index (Phi) is 4.72. The summed E-state index contributed by atoms with van der Waals surface area (Å²) in [6.45, 7) is 0. The Bertz CT molecular complexity index is 649. The van der Waals surface area contributed by atoms with Gasteiger partial charge in [-0.15, -0.1) is 0 Å². The maximum Gasteiger partial charge on any atom is 0.340 e. The standard InChI is InChI=1S/C17H18N2O2/c1-19(2)12-18-16-10-9-14(11-15(16)17(20)21-3)13-7-5-4-6-8-13/h4-12H,1-3H3/b18-12+. The van der Waals surface area contributed by atoms with E-state index >= 15 is 0 Å². The van der Waals surface area contributed by atoms with Gasteiger partial charge in [0.15, 0.2) is 0 Å². The van der Waals surface area contributed by atoms with Crippen LogP contribution in [0.2, 0.25) is 0 Å². The molecular weight excluding hydrogens is 264 g/mol. The van der Waals surface area contributed by atoms with Crippen molar-refractivity contribution >= 4 is 18.0 Å². The summed E-state index contributed by atoms with van der Waals surface area (Å²) >= 11 is 0. The van der Waals surface area contributed by atoms with Crippen LogP contribution in [-0.4, -0.2) is 38.4 Å². The lowest BCUT2D eigenvalue weighted by molar-refractivity contribution is 0.0602. The molecule has 0 saturated carbocycles. The van der Waals surface area contributed by atoms with E-state index in [-0.39, 0.29) is 0 Å². The van der Waals surface area contributed by atoms with Gasteiger partial charge in [0, 0.05) is 14.1 Å². The summed E-state index contributed by atoms with van der Waals surface area (Å²) < 4.78 is 4.85. The molecule has 2 aromatic rings. The Morgan fingerprint density at radius 1 is 1.10 bits per heavy atom. The fraction of sp³-hybridized carbons (Fsp3) is 0.176. The second-order valence-corrected chi connectivity index (χ2v) is 4.80. The lowest BCUT2D eigenvalue weighted by atomic mass is 10.0. The molecule has 108 valence electrons. The average Bonchev–Trinajstić information content (AvgIpc) is 2.52. The molecule has 0 aliphatic rings. The highest BCUT2D eigenvalue weighted by Crippen LogP contribution is 2.27. The minimum atomic E-state index is -0.390. The Morgan fingerprint density at radius 2 is 1.81 bits per heavy atom. The number of rotatable bonds is 4. The molecule has 0 heterocycles. The van der Waals surface area contributed by atoms with Crippen LogP contribution in [0.1, 0.15) is 10.4 Å². The van der Waals surface area contributed by atoms with E-state index in [1.165, 1.54) is 7.11 Å². The largest absolute Gasteiger partial charge is 0.465 e. The average molecular weight is 282 g/mol. The summed E-state index contributed by atoms with van der Waals surface area (Å²) in [5, 5.41) is 0. The number of benzene rings is 2. The number of hydrogen-bond donors (Lipinski definition) is 0. The van der Waals surface area contributed by atoms with Gasteiger partial charge in [-0.05, 0) is 23.3 Å². The molecule has 0 aliphatic heterocycles. The SMILES string of the molecule is COC(=O)c1cc(-c2ccccc2)ccc1/N=C/N(C)C. The van der Waals surface area contributed by atoms with Gasteiger partial charge in [-0.3, -0.25) is 0 Å². The maximum absolute atomic E-state index is 12.0. The van der Waals surface area contributed by atoms with Crippen molar-refractivity contribution in [3.63, 3.8) is 0 Å². The van der Waals surface area contributed by atoms with Gasteiger partial charge in [0.25, 0.3) is 0 Å². The number of nitrogens with zero attached hydrogens (tertiary/aromatic N) is 2. The van der Waals surface area contributed by atoms with Crippen LogP contribution in [0.5, 0.6) is 0 Å². The lowest BCUT2D eigenvalue weighted by Gasteiger charge is -2.09. The highest BCUT2D eigenvalue weighted by atomic mass is 16.5. The molecule has 4 nitrogen and oxygen atoms in total. The molecule has 2 rings (SSSR count). The molecule has 0 aromatic heterocycles. The molecule has 0 radical (unpaired) electrons. The zero-order valence-electron chi connectivity index (χ0n) is 12.4. The summed E-state index contributed by atoms with van der Waals surface area (Å²) in [5.41, 5.74) is 3.05. The van der Waals surface area contributed by atoms with Crippen LogP contribution in [0.3, 0.4) is 0 Å². The molecule has 0 spiro atoms. The number of carbonyl (C=O) groups excluding carboxylic acids is 1. The van der Waals surface area contributed by atoms with Crippen LogP contribution in [0.25, 0.3) is 11.1 Å². The van der Waals surface area contributed by atoms with E-state index in [2.05, 4.69) is 4.99 Å². The Balaban J connectivity index is 2.47.